The summed E-state index contributed by atoms with van der Waals surface area (Å²) in [4.78, 5) is 2.35. The molecular weight excluding hydrogens is 623 g/mol. The van der Waals surface area contributed by atoms with Crippen LogP contribution in [0.1, 0.15) is 0 Å². The van der Waals surface area contributed by atoms with Gasteiger partial charge >= 0.3 is 6.98 Å². The van der Waals surface area contributed by atoms with E-state index in [-0.39, 0.29) is 6.98 Å². The minimum Gasteiger partial charge on any atom is -0.309 e. The summed E-state index contributed by atoms with van der Waals surface area (Å²) >= 11 is 0. The highest BCUT2D eigenvalue weighted by atomic mass is 15.5. The third-order valence-electron chi connectivity index (χ3n) is 10.3. The fourth-order valence-electron chi connectivity index (χ4n) is 8.05. The molecule has 0 atom stereocenters. The molecule has 7 aromatic carbocycles. The van der Waals surface area contributed by atoms with Crippen LogP contribution in [0.25, 0.3) is 60.4 Å². The Labute approximate surface area is 294 Å². The summed E-state index contributed by atoms with van der Waals surface area (Å²) in [5, 5.41) is 15.3. The first-order valence-electron chi connectivity index (χ1n) is 17.3. The van der Waals surface area contributed by atoms with Gasteiger partial charge in [0.25, 0.3) is 0 Å². The predicted molar refractivity (Wildman–Crippen MR) is 210 cm³/mol. The van der Waals surface area contributed by atoms with Gasteiger partial charge in [0.2, 0.25) is 0 Å². The normalized spacial score (nSPS) is 12.6. The Hall–Kier alpha value is -6.86. The molecule has 0 fully saturated rings. The SMILES string of the molecule is c1ccc(-c2cccc(N3c4c5ccccc5nn4B(c4ccc5c(c4)c4ccccc4n5-c4ccccc4)n4nc5ccccc5c43)c2)cc1. The zero-order valence-electron chi connectivity index (χ0n) is 27.5. The molecule has 238 valence electrons. The summed E-state index contributed by atoms with van der Waals surface area (Å²) in [7, 11) is 0. The summed E-state index contributed by atoms with van der Waals surface area (Å²) in [6.45, 7) is -0.327. The minimum absolute atomic E-state index is 0.327. The number of hydrogen-bond donors (Lipinski definition) is 0. The minimum atomic E-state index is -0.327. The first-order chi connectivity index (χ1) is 25.3. The van der Waals surface area contributed by atoms with Gasteiger partial charge < -0.3 is 4.57 Å². The van der Waals surface area contributed by atoms with Crippen LogP contribution in [0, 0.1) is 0 Å². The lowest BCUT2D eigenvalue weighted by Crippen LogP contribution is -2.51. The van der Waals surface area contributed by atoms with Crippen molar-refractivity contribution in [1.82, 2.24) is 24.0 Å². The highest BCUT2D eigenvalue weighted by Crippen LogP contribution is 2.46. The number of hydrogen-bond acceptors (Lipinski definition) is 3. The average molecular weight is 653 g/mol. The largest absolute Gasteiger partial charge is 0.457 e. The second-order valence-electron chi connectivity index (χ2n) is 13.2. The zero-order chi connectivity index (χ0) is 33.5. The maximum Gasteiger partial charge on any atom is 0.457 e. The van der Waals surface area contributed by atoms with Crippen molar-refractivity contribution in [3.05, 3.63) is 176 Å². The van der Waals surface area contributed by atoms with Gasteiger partial charge in [-0.2, -0.15) is 10.2 Å². The molecule has 7 heteroatoms. The van der Waals surface area contributed by atoms with Gasteiger partial charge in [0.1, 0.15) is 11.6 Å². The summed E-state index contributed by atoms with van der Waals surface area (Å²) in [5.41, 5.74) is 9.86. The maximum absolute atomic E-state index is 5.34. The molecule has 0 unspecified atom stereocenters. The molecule has 0 bridgehead atoms. The molecule has 10 aromatic rings. The molecule has 4 heterocycles. The van der Waals surface area contributed by atoms with E-state index >= 15 is 0 Å². The number of nitrogens with zero attached hydrogens (tertiary/aromatic N) is 6. The van der Waals surface area contributed by atoms with Crippen LogP contribution in [0.5, 0.6) is 0 Å². The fraction of sp³-hybridized carbons (Fsp3) is 0. The molecule has 0 amide bonds. The van der Waals surface area contributed by atoms with Gasteiger partial charge in [-0.1, -0.05) is 115 Å². The van der Waals surface area contributed by atoms with Crippen LogP contribution in [-0.4, -0.2) is 30.9 Å². The third-order valence-corrected chi connectivity index (χ3v) is 10.3. The van der Waals surface area contributed by atoms with Crippen molar-refractivity contribution < 1.29 is 0 Å². The van der Waals surface area contributed by atoms with Crippen LogP contribution in [0.2, 0.25) is 0 Å². The second kappa shape index (κ2) is 10.8. The number of para-hydroxylation sites is 2. The number of benzene rings is 7. The Bertz CT molecular complexity index is 2860. The lowest BCUT2D eigenvalue weighted by Gasteiger charge is -2.34. The van der Waals surface area contributed by atoms with E-state index in [1.54, 1.807) is 0 Å². The van der Waals surface area contributed by atoms with Crippen LogP contribution in [0.4, 0.5) is 17.3 Å². The standard InChI is InChI=1S/C44H29BN6/c1-3-14-30(15-4-1)31-16-13-19-34(28-31)49-43-36-21-7-10-23-39(36)46-50(43)45(51-44(49)37-22-8-11-24-40(37)47-51)32-26-27-42-38(29-32)35-20-9-12-25-41(35)48(42)33-17-5-2-6-18-33/h1-29H. The Kier molecular flexibility index (Phi) is 5.95. The van der Waals surface area contributed by atoms with E-state index in [0.29, 0.717) is 0 Å². The second-order valence-corrected chi connectivity index (χ2v) is 13.2. The number of aromatic nitrogens is 5. The average Bonchev–Trinajstić information content (AvgIpc) is 3.87. The predicted octanol–water partition coefficient (Wildman–Crippen LogP) is 9.73. The topological polar surface area (TPSA) is 43.8 Å². The van der Waals surface area contributed by atoms with Crippen molar-refractivity contribution in [3.8, 4) is 16.8 Å². The molecule has 51 heavy (non-hydrogen) atoms. The van der Waals surface area contributed by atoms with Crippen LogP contribution in [0.3, 0.4) is 0 Å². The summed E-state index contributed by atoms with van der Waals surface area (Å²) in [5.74, 6) is 2.04. The van der Waals surface area contributed by atoms with Crippen LogP contribution in [0.15, 0.2) is 176 Å². The van der Waals surface area contributed by atoms with Crippen molar-refractivity contribution in [1.29, 1.82) is 0 Å². The van der Waals surface area contributed by atoms with Crippen LogP contribution < -0.4 is 10.4 Å². The maximum atomic E-state index is 5.34. The van der Waals surface area contributed by atoms with E-state index in [9.17, 15) is 0 Å². The van der Waals surface area contributed by atoms with Gasteiger partial charge in [0.15, 0.2) is 0 Å². The van der Waals surface area contributed by atoms with E-state index < -0.39 is 0 Å². The molecule has 1 aliphatic rings. The van der Waals surface area contributed by atoms with Crippen molar-refractivity contribution >= 4 is 73.4 Å². The van der Waals surface area contributed by atoms with Crippen LogP contribution in [-0.2, 0) is 0 Å². The number of anilines is 3. The number of fused-ring (bicyclic) bond motifs is 9. The van der Waals surface area contributed by atoms with Crippen molar-refractivity contribution in [2.24, 2.45) is 0 Å². The van der Waals surface area contributed by atoms with Gasteiger partial charge in [-0.25, -0.2) is 0 Å². The molecule has 0 saturated carbocycles. The smallest absolute Gasteiger partial charge is 0.309 e. The van der Waals surface area contributed by atoms with Crippen molar-refractivity contribution in [3.63, 3.8) is 0 Å². The van der Waals surface area contributed by atoms with E-state index in [1.165, 1.54) is 21.9 Å². The molecule has 3 aromatic heterocycles. The molecule has 11 rings (SSSR count). The Morgan fingerprint density at radius 1 is 0.392 bits per heavy atom. The van der Waals surface area contributed by atoms with E-state index in [2.05, 4.69) is 195 Å². The van der Waals surface area contributed by atoms with Gasteiger partial charge in [-0.05, 0) is 77.3 Å². The van der Waals surface area contributed by atoms with E-state index in [1.807, 2.05) is 0 Å². The first kappa shape index (κ1) is 28.0. The Morgan fingerprint density at radius 3 is 1.65 bits per heavy atom. The Morgan fingerprint density at radius 2 is 0.941 bits per heavy atom. The van der Waals surface area contributed by atoms with Gasteiger partial charge in [0.05, 0.1) is 22.1 Å². The van der Waals surface area contributed by atoms with E-state index in [4.69, 9.17) is 10.2 Å². The first-order valence-corrected chi connectivity index (χ1v) is 17.3. The quantitative estimate of drug-likeness (QED) is 0.178. The van der Waals surface area contributed by atoms with Gasteiger partial charge in [0, 0.05) is 32.9 Å². The summed E-state index contributed by atoms with van der Waals surface area (Å²) in [6.07, 6.45) is 0. The fourth-order valence-corrected chi connectivity index (χ4v) is 8.05. The molecule has 1 aliphatic heterocycles. The highest BCUT2D eigenvalue weighted by Gasteiger charge is 2.41. The Balaban J connectivity index is 1.20. The van der Waals surface area contributed by atoms with Crippen molar-refractivity contribution in [2.45, 2.75) is 0 Å². The molecule has 0 saturated heterocycles. The molecular formula is C44H29BN6. The van der Waals surface area contributed by atoms with E-state index in [0.717, 1.165) is 61.4 Å². The van der Waals surface area contributed by atoms with Gasteiger partial charge in [-0.3, -0.25) is 14.1 Å². The zero-order valence-corrected chi connectivity index (χ0v) is 27.5. The lowest BCUT2D eigenvalue weighted by molar-refractivity contribution is 0.837. The summed E-state index contributed by atoms with van der Waals surface area (Å²) in [6, 6.07) is 62.4. The number of rotatable bonds is 4. The van der Waals surface area contributed by atoms with Crippen LogP contribution >= 0.6 is 0 Å². The monoisotopic (exact) mass is 652 g/mol. The molecule has 0 radical (unpaired) electrons. The lowest BCUT2D eigenvalue weighted by atomic mass is 9.67. The molecule has 0 spiro atoms. The molecule has 0 N–H and O–H groups in total. The third kappa shape index (κ3) is 4.12. The summed E-state index contributed by atoms with van der Waals surface area (Å²) < 4.78 is 6.71. The molecule has 6 nitrogen and oxygen atoms in total. The highest BCUT2D eigenvalue weighted by molar-refractivity contribution is 6.72. The molecule has 0 aliphatic carbocycles. The van der Waals surface area contributed by atoms with Gasteiger partial charge in [-0.15, -0.1) is 0 Å². The van der Waals surface area contributed by atoms with Crippen molar-refractivity contribution in [2.75, 3.05) is 4.90 Å².